The van der Waals surface area contributed by atoms with E-state index < -0.39 is 6.04 Å². The normalized spacial score (nSPS) is 16.6. The molecule has 0 bridgehead atoms. The van der Waals surface area contributed by atoms with Crippen LogP contribution in [0.2, 0.25) is 10.0 Å². The standard InChI is InChI=1S/C22H19Cl2N3O/c1-26-10-9-15(13-26)21-17-12-16(23)7-8-20(17)27(2)22(28)19(25-21)11-14-5-3-4-6-18(14)24/h3-10,12-13,19H,11H2,1-2H3. The van der Waals surface area contributed by atoms with Crippen molar-refractivity contribution in [1.82, 2.24) is 4.57 Å². The van der Waals surface area contributed by atoms with Crippen LogP contribution in [0.5, 0.6) is 0 Å². The molecular formula is C22H19Cl2N3O. The molecule has 0 radical (unpaired) electrons. The Morgan fingerprint density at radius 1 is 1.07 bits per heavy atom. The van der Waals surface area contributed by atoms with Crippen molar-refractivity contribution in [3.63, 3.8) is 0 Å². The molecule has 3 aromatic rings. The van der Waals surface area contributed by atoms with Gasteiger partial charge in [0.25, 0.3) is 5.91 Å². The average molecular weight is 412 g/mol. The second-order valence-corrected chi connectivity index (χ2v) is 7.76. The minimum Gasteiger partial charge on any atom is -0.357 e. The van der Waals surface area contributed by atoms with Crippen molar-refractivity contribution in [2.45, 2.75) is 12.5 Å². The molecule has 6 heteroatoms. The predicted molar refractivity (Wildman–Crippen MR) is 115 cm³/mol. The number of nitrogens with zero attached hydrogens (tertiary/aromatic N) is 3. The molecule has 0 saturated heterocycles. The fourth-order valence-corrected chi connectivity index (χ4v) is 3.88. The van der Waals surface area contributed by atoms with Crippen molar-refractivity contribution < 1.29 is 4.79 Å². The summed E-state index contributed by atoms with van der Waals surface area (Å²) in [6, 6.07) is 14.5. The number of likely N-dealkylation sites (N-methyl/N-ethyl adjacent to an activating group) is 1. The summed E-state index contributed by atoms with van der Waals surface area (Å²) in [7, 11) is 3.73. The van der Waals surface area contributed by atoms with Gasteiger partial charge in [0.05, 0.1) is 11.4 Å². The van der Waals surface area contributed by atoms with Gasteiger partial charge in [0.1, 0.15) is 6.04 Å². The summed E-state index contributed by atoms with van der Waals surface area (Å²) in [6.45, 7) is 0. The third-order valence-electron chi connectivity index (χ3n) is 4.95. The Balaban J connectivity index is 1.87. The number of aromatic nitrogens is 1. The molecule has 1 atom stereocenters. The van der Waals surface area contributed by atoms with Crippen molar-refractivity contribution in [3.05, 3.63) is 87.7 Å². The van der Waals surface area contributed by atoms with E-state index >= 15 is 0 Å². The lowest BCUT2D eigenvalue weighted by Crippen LogP contribution is -2.36. The van der Waals surface area contributed by atoms with Gasteiger partial charge >= 0.3 is 0 Å². The molecule has 0 spiro atoms. The van der Waals surface area contributed by atoms with E-state index in [1.165, 1.54) is 0 Å². The van der Waals surface area contributed by atoms with E-state index in [0.717, 1.165) is 28.1 Å². The van der Waals surface area contributed by atoms with Crippen LogP contribution in [0, 0.1) is 0 Å². The maximum absolute atomic E-state index is 13.2. The molecule has 28 heavy (non-hydrogen) atoms. The first-order valence-electron chi connectivity index (χ1n) is 8.95. The molecule has 0 saturated carbocycles. The van der Waals surface area contributed by atoms with E-state index in [1.54, 1.807) is 18.0 Å². The first kappa shape index (κ1) is 18.8. The maximum atomic E-state index is 13.2. The summed E-state index contributed by atoms with van der Waals surface area (Å²) in [6.07, 6.45) is 4.38. The van der Waals surface area contributed by atoms with Gasteiger partial charge in [-0.15, -0.1) is 0 Å². The number of hydrogen-bond acceptors (Lipinski definition) is 2. The average Bonchev–Trinajstić information content (AvgIpc) is 3.07. The summed E-state index contributed by atoms with van der Waals surface area (Å²) in [5.41, 5.74) is 4.23. The van der Waals surface area contributed by atoms with Gasteiger partial charge in [0, 0.05) is 54.1 Å². The zero-order valence-corrected chi connectivity index (χ0v) is 17.1. The number of hydrogen-bond donors (Lipinski definition) is 0. The molecule has 4 rings (SSSR count). The Morgan fingerprint density at radius 3 is 2.57 bits per heavy atom. The van der Waals surface area contributed by atoms with E-state index in [1.807, 2.05) is 66.5 Å². The fraction of sp³-hybridized carbons (Fsp3) is 0.182. The fourth-order valence-electron chi connectivity index (χ4n) is 3.49. The van der Waals surface area contributed by atoms with Gasteiger partial charge in [-0.2, -0.15) is 0 Å². The highest BCUT2D eigenvalue weighted by Crippen LogP contribution is 2.31. The van der Waals surface area contributed by atoms with Crippen molar-refractivity contribution >= 4 is 40.5 Å². The number of halogens is 2. The second kappa shape index (κ2) is 7.46. The lowest BCUT2D eigenvalue weighted by Gasteiger charge is -2.20. The molecule has 2 heterocycles. The monoisotopic (exact) mass is 411 g/mol. The molecule has 142 valence electrons. The van der Waals surface area contributed by atoms with Gasteiger partial charge in [-0.05, 0) is 35.9 Å². The smallest absolute Gasteiger partial charge is 0.251 e. The van der Waals surface area contributed by atoms with Crippen LogP contribution >= 0.6 is 23.2 Å². The lowest BCUT2D eigenvalue weighted by atomic mass is 10.0. The Kier molecular flexibility index (Phi) is 5.00. The van der Waals surface area contributed by atoms with Gasteiger partial charge in [-0.3, -0.25) is 9.79 Å². The molecule has 1 amide bonds. The van der Waals surface area contributed by atoms with Crippen LogP contribution in [-0.4, -0.2) is 29.3 Å². The molecule has 0 N–H and O–H groups in total. The Morgan fingerprint density at radius 2 is 1.86 bits per heavy atom. The van der Waals surface area contributed by atoms with Crippen LogP contribution in [0.15, 0.2) is 65.9 Å². The van der Waals surface area contributed by atoms with Crippen molar-refractivity contribution in [2.75, 3.05) is 11.9 Å². The molecule has 1 aliphatic heterocycles. The van der Waals surface area contributed by atoms with Crippen molar-refractivity contribution in [3.8, 4) is 0 Å². The molecular weight excluding hydrogens is 393 g/mol. The molecule has 0 fully saturated rings. The molecule has 1 aliphatic rings. The molecule has 0 aliphatic carbocycles. The minimum atomic E-state index is -0.578. The largest absolute Gasteiger partial charge is 0.357 e. The summed E-state index contributed by atoms with van der Waals surface area (Å²) < 4.78 is 1.96. The van der Waals surface area contributed by atoms with Crippen LogP contribution in [0.1, 0.15) is 16.7 Å². The number of benzene rings is 2. The molecule has 1 unspecified atom stereocenters. The summed E-state index contributed by atoms with van der Waals surface area (Å²) in [5.74, 6) is -0.0746. The second-order valence-electron chi connectivity index (χ2n) is 6.91. The third kappa shape index (κ3) is 3.46. The van der Waals surface area contributed by atoms with Gasteiger partial charge in [0.15, 0.2) is 0 Å². The van der Waals surface area contributed by atoms with Crippen LogP contribution in [0.3, 0.4) is 0 Å². The first-order valence-corrected chi connectivity index (χ1v) is 9.70. The van der Waals surface area contributed by atoms with Crippen LogP contribution in [0.25, 0.3) is 0 Å². The third-order valence-corrected chi connectivity index (χ3v) is 5.56. The number of anilines is 1. The number of carbonyl (C=O) groups is 1. The zero-order chi connectivity index (χ0) is 19.8. The zero-order valence-electron chi connectivity index (χ0n) is 15.6. The SMILES string of the molecule is CN1C(=O)C(Cc2ccccc2Cl)N=C(c2ccn(C)c2)c2cc(Cl)ccc21. The van der Waals surface area contributed by atoms with Crippen molar-refractivity contribution in [2.24, 2.45) is 12.0 Å². The molecule has 2 aromatic carbocycles. The topological polar surface area (TPSA) is 37.6 Å². The highest BCUT2D eigenvalue weighted by molar-refractivity contribution is 6.32. The number of fused-ring (bicyclic) bond motifs is 1. The van der Waals surface area contributed by atoms with Gasteiger partial charge in [-0.25, -0.2) is 0 Å². The minimum absolute atomic E-state index is 0.0746. The number of benzodiazepines with no additional fused rings is 1. The van der Waals surface area contributed by atoms with Crippen LogP contribution < -0.4 is 4.90 Å². The van der Waals surface area contributed by atoms with Crippen molar-refractivity contribution in [1.29, 1.82) is 0 Å². The van der Waals surface area contributed by atoms with E-state index in [4.69, 9.17) is 28.2 Å². The summed E-state index contributed by atoms with van der Waals surface area (Å²) in [4.78, 5) is 19.8. The molecule has 4 nitrogen and oxygen atoms in total. The van der Waals surface area contributed by atoms with Gasteiger partial charge in [0.2, 0.25) is 0 Å². The van der Waals surface area contributed by atoms with E-state index in [2.05, 4.69) is 0 Å². The first-order chi connectivity index (χ1) is 13.4. The Bertz CT molecular complexity index is 1090. The highest BCUT2D eigenvalue weighted by atomic mass is 35.5. The highest BCUT2D eigenvalue weighted by Gasteiger charge is 2.30. The van der Waals surface area contributed by atoms with Gasteiger partial charge in [-0.1, -0.05) is 41.4 Å². The number of aryl methyl sites for hydroxylation is 1. The Labute approximate surface area is 174 Å². The summed E-state index contributed by atoms with van der Waals surface area (Å²) >= 11 is 12.6. The van der Waals surface area contributed by atoms with Crippen LogP contribution in [0.4, 0.5) is 5.69 Å². The maximum Gasteiger partial charge on any atom is 0.251 e. The number of amides is 1. The van der Waals surface area contributed by atoms with E-state index in [0.29, 0.717) is 16.5 Å². The number of aliphatic imine (C=N–C) groups is 1. The van der Waals surface area contributed by atoms with E-state index in [9.17, 15) is 4.79 Å². The van der Waals surface area contributed by atoms with Gasteiger partial charge < -0.3 is 9.47 Å². The lowest BCUT2D eigenvalue weighted by molar-refractivity contribution is -0.119. The predicted octanol–water partition coefficient (Wildman–Crippen LogP) is 4.76. The summed E-state index contributed by atoms with van der Waals surface area (Å²) in [5, 5.41) is 1.24. The number of rotatable bonds is 3. The van der Waals surface area contributed by atoms with E-state index in [-0.39, 0.29) is 5.91 Å². The Hall–Kier alpha value is -2.56. The molecule has 1 aromatic heterocycles. The quantitative estimate of drug-likeness (QED) is 0.612. The number of carbonyl (C=O) groups excluding carboxylic acids is 1. The van der Waals surface area contributed by atoms with Crippen LogP contribution in [-0.2, 0) is 18.3 Å².